The summed E-state index contributed by atoms with van der Waals surface area (Å²) < 4.78 is 7.60. The summed E-state index contributed by atoms with van der Waals surface area (Å²) in [6.45, 7) is 7.07. The molecular formula is C21H19NO3. The number of benzene rings is 2. The van der Waals surface area contributed by atoms with Crippen molar-refractivity contribution in [3.63, 3.8) is 0 Å². The van der Waals surface area contributed by atoms with Crippen molar-refractivity contribution in [1.29, 1.82) is 0 Å². The van der Waals surface area contributed by atoms with Gasteiger partial charge in [-0.1, -0.05) is 24.3 Å². The molecule has 0 saturated heterocycles. The van der Waals surface area contributed by atoms with Crippen LogP contribution in [0, 0.1) is 6.92 Å². The second kappa shape index (κ2) is 5.59. The molecule has 0 atom stereocenters. The first kappa shape index (κ1) is 15.6. The molecule has 4 heteroatoms. The maximum absolute atomic E-state index is 13.2. The highest BCUT2D eigenvalue weighted by Crippen LogP contribution is 2.38. The highest BCUT2D eigenvalue weighted by Gasteiger charge is 2.35. The Bertz CT molecular complexity index is 1040. The van der Waals surface area contributed by atoms with Crippen LogP contribution in [0.25, 0.3) is 10.9 Å². The zero-order valence-electron chi connectivity index (χ0n) is 14.6. The first-order valence-corrected chi connectivity index (χ1v) is 8.56. The van der Waals surface area contributed by atoms with E-state index in [9.17, 15) is 9.59 Å². The average Bonchev–Trinajstić information content (AvgIpc) is 2.95. The van der Waals surface area contributed by atoms with Gasteiger partial charge in [0, 0.05) is 29.1 Å². The van der Waals surface area contributed by atoms with E-state index >= 15 is 0 Å². The molecule has 1 aromatic heterocycles. The Morgan fingerprint density at radius 2 is 1.68 bits per heavy atom. The molecule has 0 fully saturated rings. The lowest BCUT2D eigenvalue weighted by Crippen LogP contribution is -2.22. The van der Waals surface area contributed by atoms with Crippen LogP contribution < -0.4 is 4.74 Å². The van der Waals surface area contributed by atoms with Crippen LogP contribution in [0.3, 0.4) is 0 Å². The molecule has 126 valence electrons. The molecule has 0 bridgehead atoms. The van der Waals surface area contributed by atoms with Gasteiger partial charge in [0.2, 0.25) is 5.78 Å². The molecule has 2 aromatic carbocycles. The van der Waals surface area contributed by atoms with Gasteiger partial charge >= 0.3 is 0 Å². The molecule has 4 nitrogen and oxygen atoms in total. The van der Waals surface area contributed by atoms with E-state index in [0.29, 0.717) is 35.5 Å². The fraction of sp³-hybridized carbons (Fsp3) is 0.238. The van der Waals surface area contributed by atoms with Gasteiger partial charge in [-0.25, -0.2) is 0 Å². The van der Waals surface area contributed by atoms with Gasteiger partial charge in [0.25, 0.3) is 0 Å². The quantitative estimate of drug-likeness (QED) is 0.566. The Balaban J connectivity index is 2.12. The van der Waals surface area contributed by atoms with E-state index < -0.39 is 0 Å². The number of rotatable bonds is 3. The highest BCUT2D eigenvalue weighted by atomic mass is 16.5. The van der Waals surface area contributed by atoms with E-state index in [1.807, 2.05) is 37.5 Å². The third-order valence-corrected chi connectivity index (χ3v) is 4.82. The molecule has 0 radical (unpaired) electrons. The summed E-state index contributed by atoms with van der Waals surface area (Å²) >= 11 is 0. The molecule has 4 rings (SSSR count). The molecule has 0 unspecified atom stereocenters. The Hall–Kier alpha value is -2.88. The summed E-state index contributed by atoms with van der Waals surface area (Å²) in [5.74, 6) is 0.602. The van der Waals surface area contributed by atoms with Crippen molar-refractivity contribution in [2.24, 2.45) is 0 Å². The summed E-state index contributed by atoms with van der Waals surface area (Å²) in [5, 5.41) is 0.855. The maximum atomic E-state index is 13.2. The predicted octanol–water partition coefficient (Wildman–Crippen LogP) is 4.14. The highest BCUT2D eigenvalue weighted by molar-refractivity contribution is 6.32. The smallest absolute Gasteiger partial charge is 0.210 e. The summed E-state index contributed by atoms with van der Waals surface area (Å²) in [6, 6.07) is 10.9. The monoisotopic (exact) mass is 333 g/mol. The molecule has 25 heavy (non-hydrogen) atoms. The third-order valence-electron chi connectivity index (χ3n) is 4.82. The lowest BCUT2D eigenvalue weighted by Gasteiger charge is -2.16. The van der Waals surface area contributed by atoms with Crippen molar-refractivity contribution in [3.8, 4) is 5.75 Å². The molecule has 0 saturated carbocycles. The molecule has 0 aliphatic heterocycles. The summed E-state index contributed by atoms with van der Waals surface area (Å²) in [7, 11) is 0. The predicted molar refractivity (Wildman–Crippen MR) is 96.8 cm³/mol. The van der Waals surface area contributed by atoms with E-state index in [4.69, 9.17) is 4.74 Å². The van der Waals surface area contributed by atoms with Crippen molar-refractivity contribution in [3.05, 3.63) is 64.3 Å². The number of hydrogen-bond donors (Lipinski definition) is 0. The summed E-state index contributed by atoms with van der Waals surface area (Å²) in [4.78, 5) is 26.3. The van der Waals surface area contributed by atoms with Crippen molar-refractivity contribution in [1.82, 2.24) is 4.57 Å². The molecule has 0 amide bonds. The van der Waals surface area contributed by atoms with Crippen molar-refractivity contribution >= 4 is 22.5 Å². The van der Waals surface area contributed by atoms with E-state index in [-0.39, 0.29) is 11.6 Å². The van der Waals surface area contributed by atoms with Gasteiger partial charge in [0.05, 0.1) is 17.7 Å². The van der Waals surface area contributed by atoms with Crippen molar-refractivity contribution in [2.75, 3.05) is 6.61 Å². The van der Waals surface area contributed by atoms with E-state index in [1.54, 1.807) is 24.3 Å². The van der Waals surface area contributed by atoms with Crippen LogP contribution in [0.15, 0.2) is 36.4 Å². The normalized spacial score (nSPS) is 13.1. The van der Waals surface area contributed by atoms with Crippen LogP contribution >= 0.6 is 0 Å². The zero-order chi connectivity index (χ0) is 17.7. The number of ether oxygens (including phenoxy) is 1. The maximum Gasteiger partial charge on any atom is 0.210 e. The number of fused-ring (bicyclic) bond motifs is 4. The molecule has 1 aliphatic rings. The largest absolute Gasteiger partial charge is 0.494 e. The van der Waals surface area contributed by atoms with E-state index in [0.717, 1.165) is 22.2 Å². The first-order valence-electron chi connectivity index (χ1n) is 8.56. The SMILES string of the molecule is CCOc1cc(C)c2c3c(n(CC)c2c1)C(=O)c1ccccc1C3=O. The third kappa shape index (κ3) is 2.07. The second-order valence-electron chi connectivity index (χ2n) is 6.24. The second-order valence-corrected chi connectivity index (χ2v) is 6.24. The molecule has 0 N–H and O–H groups in total. The number of carbonyl (C=O) groups excluding carboxylic acids is 2. The minimum absolute atomic E-state index is 0.0744. The fourth-order valence-electron chi connectivity index (χ4n) is 3.83. The zero-order valence-corrected chi connectivity index (χ0v) is 14.6. The fourth-order valence-corrected chi connectivity index (χ4v) is 3.83. The Morgan fingerprint density at radius 3 is 2.32 bits per heavy atom. The van der Waals surface area contributed by atoms with Crippen LogP contribution in [0.1, 0.15) is 51.4 Å². The summed E-state index contributed by atoms with van der Waals surface area (Å²) in [6.07, 6.45) is 0. The van der Waals surface area contributed by atoms with Gasteiger partial charge in [0.1, 0.15) is 11.4 Å². The minimum atomic E-state index is -0.0828. The number of aromatic nitrogens is 1. The van der Waals surface area contributed by atoms with Crippen LogP contribution in [-0.2, 0) is 6.54 Å². The van der Waals surface area contributed by atoms with Gasteiger partial charge in [-0.3, -0.25) is 9.59 Å². The van der Waals surface area contributed by atoms with Gasteiger partial charge < -0.3 is 9.30 Å². The lowest BCUT2D eigenvalue weighted by molar-refractivity contribution is 0.0974. The number of hydrogen-bond acceptors (Lipinski definition) is 3. The first-order chi connectivity index (χ1) is 12.1. The Labute approximate surface area is 146 Å². The van der Waals surface area contributed by atoms with Crippen molar-refractivity contribution in [2.45, 2.75) is 27.3 Å². The van der Waals surface area contributed by atoms with Crippen LogP contribution in [-0.4, -0.2) is 22.7 Å². The van der Waals surface area contributed by atoms with Gasteiger partial charge in [-0.15, -0.1) is 0 Å². The Morgan fingerprint density at radius 1 is 1.00 bits per heavy atom. The Kier molecular flexibility index (Phi) is 3.49. The van der Waals surface area contributed by atoms with Gasteiger partial charge in [0.15, 0.2) is 5.78 Å². The van der Waals surface area contributed by atoms with Crippen LogP contribution in [0.5, 0.6) is 5.75 Å². The molecular weight excluding hydrogens is 314 g/mol. The number of nitrogens with zero attached hydrogens (tertiary/aromatic N) is 1. The van der Waals surface area contributed by atoms with E-state index in [2.05, 4.69) is 0 Å². The average molecular weight is 333 g/mol. The van der Waals surface area contributed by atoms with Crippen molar-refractivity contribution < 1.29 is 14.3 Å². The lowest BCUT2D eigenvalue weighted by atomic mass is 9.86. The molecule has 3 aromatic rings. The standard InChI is InChI=1S/C21H19NO3/c1-4-22-16-11-13(25-5-2)10-12(3)17(16)18-19(22)21(24)15-9-7-6-8-14(15)20(18)23/h6-11H,4-5H2,1-3H3. The number of carbonyl (C=O) groups is 2. The molecule has 1 heterocycles. The van der Waals surface area contributed by atoms with Gasteiger partial charge in [-0.05, 0) is 32.4 Å². The molecule has 1 aliphatic carbocycles. The molecule has 0 spiro atoms. The topological polar surface area (TPSA) is 48.3 Å². The van der Waals surface area contributed by atoms with E-state index in [1.165, 1.54) is 0 Å². The number of ketones is 2. The minimum Gasteiger partial charge on any atom is -0.494 e. The summed E-state index contributed by atoms with van der Waals surface area (Å²) in [5.41, 5.74) is 3.83. The van der Waals surface area contributed by atoms with Crippen LogP contribution in [0.2, 0.25) is 0 Å². The van der Waals surface area contributed by atoms with Gasteiger partial charge in [-0.2, -0.15) is 0 Å². The number of aryl methyl sites for hydroxylation is 2. The van der Waals surface area contributed by atoms with Crippen LogP contribution in [0.4, 0.5) is 0 Å².